The van der Waals surface area contributed by atoms with Crippen molar-refractivity contribution in [3.63, 3.8) is 0 Å². The molecule has 1 saturated heterocycles. The van der Waals surface area contributed by atoms with Gasteiger partial charge in [0.15, 0.2) is 0 Å². The number of amides is 2. The molecule has 0 bridgehead atoms. The van der Waals surface area contributed by atoms with E-state index >= 15 is 0 Å². The first-order chi connectivity index (χ1) is 8.79. The Morgan fingerprint density at radius 2 is 2.00 bits per heavy atom. The number of carbonyl (C=O) groups excluding carboxylic acids is 1. The number of urea groups is 1. The van der Waals surface area contributed by atoms with Crippen molar-refractivity contribution in [2.24, 2.45) is 5.11 Å². The molecule has 94 valence electrons. The lowest BCUT2D eigenvalue weighted by atomic mass is 10.3. The Morgan fingerprint density at radius 3 is 2.61 bits per heavy atom. The minimum atomic E-state index is -0.144. The number of hydrogen-bond acceptors (Lipinski definition) is 3. The predicted octanol–water partition coefficient (Wildman–Crippen LogP) is 2.49. The van der Waals surface area contributed by atoms with Gasteiger partial charge in [-0.1, -0.05) is 17.2 Å². The van der Waals surface area contributed by atoms with Crippen molar-refractivity contribution in [1.29, 1.82) is 0 Å². The molecule has 1 aliphatic rings. The van der Waals surface area contributed by atoms with Crippen molar-refractivity contribution in [3.05, 3.63) is 34.7 Å². The van der Waals surface area contributed by atoms with Crippen LogP contribution in [0.1, 0.15) is 0 Å². The third kappa shape index (κ3) is 3.13. The van der Waals surface area contributed by atoms with Gasteiger partial charge in [-0.25, -0.2) is 4.79 Å². The fourth-order valence-corrected chi connectivity index (χ4v) is 1.63. The Bertz CT molecular complexity index is 461. The number of benzene rings is 1. The molecule has 0 radical (unpaired) electrons. The topological polar surface area (TPSA) is 90.3 Å². The minimum absolute atomic E-state index is 0.144. The third-order valence-corrected chi connectivity index (χ3v) is 2.58. The van der Waals surface area contributed by atoms with E-state index in [-0.39, 0.29) is 6.03 Å². The molecule has 1 heterocycles. The van der Waals surface area contributed by atoms with Crippen molar-refractivity contribution in [1.82, 2.24) is 4.90 Å². The zero-order valence-electron chi connectivity index (χ0n) is 9.74. The molecule has 0 saturated carbocycles. The number of rotatable bonds is 2. The van der Waals surface area contributed by atoms with E-state index in [9.17, 15) is 4.79 Å². The Balaban J connectivity index is 1.95. The molecule has 7 nitrogen and oxygen atoms in total. The van der Waals surface area contributed by atoms with Gasteiger partial charge in [-0.05, 0) is 17.7 Å². The average molecular weight is 247 g/mol. The molecule has 0 aromatic heterocycles. The highest BCUT2D eigenvalue weighted by Gasteiger charge is 2.16. The maximum atomic E-state index is 11.9. The Labute approximate surface area is 104 Å². The van der Waals surface area contributed by atoms with Crippen molar-refractivity contribution in [3.8, 4) is 0 Å². The van der Waals surface area contributed by atoms with Crippen molar-refractivity contribution < 1.29 is 9.53 Å². The van der Waals surface area contributed by atoms with E-state index < -0.39 is 0 Å². The number of anilines is 1. The van der Waals surface area contributed by atoms with Crippen molar-refractivity contribution in [2.75, 3.05) is 31.6 Å². The first-order valence-electron chi connectivity index (χ1n) is 5.58. The third-order valence-electron chi connectivity index (χ3n) is 2.58. The number of nitrogens with one attached hydrogen (secondary N) is 1. The second-order valence-corrected chi connectivity index (χ2v) is 3.77. The summed E-state index contributed by atoms with van der Waals surface area (Å²) >= 11 is 0. The second-order valence-electron chi connectivity index (χ2n) is 3.77. The van der Waals surface area contributed by atoms with Crippen LogP contribution >= 0.6 is 0 Å². The highest BCUT2D eigenvalue weighted by molar-refractivity contribution is 5.89. The maximum Gasteiger partial charge on any atom is 0.321 e. The van der Waals surface area contributed by atoms with Gasteiger partial charge in [0.2, 0.25) is 0 Å². The van der Waals surface area contributed by atoms with Crippen LogP contribution in [0.3, 0.4) is 0 Å². The largest absolute Gasteiger partial charge is 0.378 e. The lowest BCUT2D eigenvalue weighted by molar-refractivity contribution is 0.0564. The number of hydrogen-bond donors (Lipinski definition) is 1. The summed E-state index contributed by atoms with van der Waals surface area (Å²) < 4.78 is 5.17. The summed E-state index contributed by atoms with van der Waals surface area (Å²) in [7, 11) is 0. The average Bonchev–Trinajstić information content (AvgIpc) is 2.42. The quantitative estimate of drug-likeness (QED) is 0.494. The summed E-state index contributed by atoms with van der Waals surface area (Å²) in [6.07, 6.45) is 0. The van der Waals surface area contributed by atoms with Gasteiger partial charge >= 0.3 is 6.03 Å². The molecular weight excluding hydrogens is 234 g/mol. The molecule has 1 aromatic carbocycles. The summed E-state index contributed by atoms with van der Waals surface area (Å²) in [5.41, 5.74) is 9.46. The Kier molecular flexibility index (Phi) is 4.01. The van der Waals surface area contributed by atoms with Gasteiger partial charge in [-0.2, -0.15) is 0 Å². The standard InChI is InChI=1S/C11H13N5O2/c12-15-14-10-3-1-9(2-4-10)13-11(17)16-5-7-18-8-6-16/h1-4H,5-8H2,(H,13,17). The van der Waals surface area contributed by atoms with Crippen LogP contribution in [0.15, 0.2) is 29.4 Å². The zero-order valence-corrected chi connectivity index (χ0v) is 9.74. The first kappa shape index (κ1) is 12.2. The van der Waals surface area contributed by atoms with Crippen LogP contribution in [0, 0.1) is 0 Å². The number of carbonyl (C=O) groups is 1. The maximum absolute atomic E-state index is 11.9. The smallest absolute Gasteiger partial charge is 0.321 e. The SMILES string of the molecule is [N-]=[N+]=Nc1ccc(NC(=O)N2CCOCC2)cc1. The van der Waals surface area contributed by atoms with E-state index in [0.29, 0.717) is 37.7 Å². The van der Waals surface area contributed by atoms with Crippen molar-refractivity contribution >= 4 is 17.4 Å². The highest BCUT2D eigenvalue weighted by Crippen LogP contribution is 2.16. The van der Waals surface area contributed by atoms with Crippen LogP contribution in [0.25, 0.3) is 10.4 Å². The molecule has 18 heavy (non-hydrogen) atoms. The lowest BCUT2D eigenvalue weighted by Gasteiger charge is -2.26. The highest BCUT2D eigenvalue weighted by atomic mass is 16.5. The van der Waals surface area contributed by atoms with Gasteiger partial charge < -0.3 is 15.0 Å². The number of morpholine rings is 1. The first-order valence-corrected chi connectivity index (χ1v) is 5.58. The van der Waals surface area contributed by atoms with E-state index in [2.05, 4.69) is 15.3 Å². The molecular formula is C11H13N5O2. The van der Waals surface area contributed by atoms with Gasteiger partial charge in [-0.3, -0.25) is 0 Å². The monoisotopic (exact) mass is 247 g/mol. The molecule has 2 amide bonds. The number of azide groups is 1. The Morgan fingerprint density at radius 1 is 1.33 bits per heavy atom. The minimum Gasteiger partial charge on any atom is -0.378 e. The van der Waals surface area contributed by atoms with Crippen LogP contribution in [-0.4, -0.2) is 37.2 Å². The summed E-state index contributed by atoms with van der Waals surface area (Å²) in [6, 6.07) is 6.54. The Hall–Kier alpha value is -2.24. The van der Waals surface area contributed by atoms with Crippen LogP contribution in [0.2, 0.25) is 0 Å². The zero-order chi connectivity index (χ0) is 12.8. The van der Waals surface area contributed by atoms with Gasteiger partial charge in [0.1, 0.15) is 0 Å². The summed E-state index contributed by atoms with van der Waals surface area (Å²) in [6.45, 7) is 2.35. The van der Waals surface area contributed by atoms with Gasteiger partial charge in [0.25, 0.3) is 0 Å². The molecule has 1 aliphatic heterocycles. The molecule has 1 fully saturated rings. The molecule has 1 aromatic rings. The fraction of sp³-hybridized carbons (Fsp3) is 0.364. The second kappa shape index (κ2) is 5.90. The van der Waals surface area contributed by atoms with E-state index in [4.69, 9.17) is 10.3 Å². The molecule has 7 heteroatoms. The summed E-state index contributed by atoms with van der Waals surface area (Å²) in [5.74, 6) is 0. The van der Waals surface area contributed by atoms with Crippen molar-refractivity contribution in [2.45, 2.75) is 0 Å². The molecule has 0 aliphatic carbocycles. The molecule has 1 N–H and O–H groups in total. The van der Waals surface area contributed by atoms with Gasteiger partial charge in [-0.15, -0.1) is 0 Å². The van der Waals surface area contributed by atoms with E-state index in [1.54, 1.807) is 29.2 Å². The fourth-order valence-electron chi connectivity index (χ4n) is 1.63. The van der Waals surface area contributed by atoms with E-state index in [0.717, 1.165) is 0 Å². The number of ether oxygens (including phenoxy) is 1. The normalized spacial score (nSPS) is 14.8. The molecule has 0 spiro atoms. The van der Waals surface area contributed by atoms with Crippen LogP contribution in [-0.2, 0) is 4.74 Å². The van der Waals surface area contributed by atoms with Gasteiger partial charge in [0, 0.05) is 29.4 Å². The summed E-state index contributed by atoms with van der Waals surface area (Å²) in [5, 5.41) is 6.24. The molecule has 0 atom stereocenters. The molecule has 0 unspecified atom stereocenters. The van der Waals surface area contributed by atoms with Crippen LogP contribution in [0.4, 0.5) is 16.2 Å². The lowest BCUT2D eigenvalue weighted by Crippen LogP contribution is -2.43. The van der Waals surface area contributed by atoms with Gasteiger partial charge in [0.05, 0.1) is 13.2 Å². The van der Waals surface area contributed by atoms with E-state index in [1.165, 1.54) is 0 Å². The van der Waals surface area contributed by atoms with Crippen LogP contribution < -0.4 is 5.32 Å². The molecule has 2 rings (SSSR count). The summed E-state index contributed by atoms with van der Waals surface area (Å²) in [4.78, 5) is 16.2. The number of nitrogens with zero attached hydrogens (tertiary/aromatic N) is 4. The van der Waals surface area contributed by atoms with Crippen LogP contribution in [0.5, 0.6) is 0 Å². The van der Waals surface area contributed by atoms with E-state index in [1.807, 2.05) is 0 Å². The predicted molar refractivity (Wildman–Crippen MR) is 66.7 cm³/mol.